The van der Waals surface area contributed by atoms with Crippen molar-refractivity contribution in [2.75, 3.05) is 11.9 Å². The molecule has 0 aromatic carbocycles. The number of hydrogen-bond acceptors (Lipinski definition) is 8. The van der Waals surface area contributed by atoms with Gasteiger partial charge in [0.25, 0.3) is 0 Å². The number of hydrogen-bond donors (Lipinski definition) is 1. The third kappa shape index (κ3) is 5.03. The van der Waals surface area contributed by atoms with Gasteiger partial charge in [-0.2, -0.15) is 18.3 Å². The first-order valence-electron chi connectivity index (χ1n) is 7.71. The molecule has 2 aromatic rings. The van der Waals surface area contributed by atoms with Crippen LogP contribution in [0.15, 0.2) is 5.38 Å². The molecule has 0 saturated heterocycles. The van der Waals surface area contributed by atoms with E-state index in [4.69, 9.17) is 4.74 Å². The molecule has 2 aromatic heterocycles. The van der Waals surface area contributed by atoms with Gasteiger partial charge in [0.15, 0.2) is 5.13 Å². The summed E-state index contributed by atoms with van der Waals surface area (Å²) in [7, 11) is 0. The minimum absolute atomic E-state index is 0.0976. The summed E-state index contributed by atoms with van der Waals surface area (Å²) in [5, 5.41) is 18.0. The highest BCUT2D eigenvalue weighted by molar-refractivity contribution is 7.13. The molecular formula is C14H14F3N5O5S. The van der Waals surface area contributed by atoms with Gasteiger partial charge in [0.05, 0.1) is 23.6 Å². The lowest BCUT2D eigenvalue weighted by atomic mass is 10.3. The number of nitrogens with one attached hydrogen (secondary N) is 1. The molecule has 0 bridgehead atoms. The molecule has 14 heteroatoms. The van der Waals surface area contributed by atoms with Gasteiger partial charge in [-0.15, -0.1) is 11.3 Å². The van der Waals surface area contributed by atoms with Crippen molar-refractivity contribution in [2.24, 2.45) is 0 Å². The van der Waals surface area contributed by atoms with Gasteiger partial charge in [-0.05, 0) is 13.8 Å². The summed E-state index contributed by atoms with van der Waals surface area (Å²) in [6.45, 7) is 2.24. The van der Waals surface area contributed by atoms with E-state index < -0.39 is 46.6 Å². The van der Waals surface area contributed by atoms with E-state index in [1.54, 1.807) is 6.92 Å². The van der Waals surface area contributed by atoms with Crippen LogP contribution in [0.2, 0.25) is 0 Å². The van der Waals surface area contributed by atoms with Crippen molar-refractivity contribution in [3.05, 3.63) is 32.6 Å². The monoisotopic (exact) mass is 421 g/mol. The van der Waals surface area contributed by atoms with Crippen molar-refractivity contribution < 1.29 is 32.4 Å². The second kappa shape index (κ2) is 8.33. The van der Waals surface area contributed by atoms with Gasteiger partial charge >= 0.3 is 17.8 Å². The Labute approximate surface area is 159 Å². The van der Waals surface area contributed by atoms with Crippen molar-refractivity contribution in [3.63, 3.8) is 0 Å². The van der Waals surface area contributed by atoms with Crippen LogP contribution in [0.3, 0.4) is 0 Å². The summed E-state index contributed by atoms with van der Waals surface area (Å²) in [6, 6.07) is 0. The molecule has 1 N–H and O–H groups in total. The lowest BCUT2D eigenvalue weighted by molar-refractivity contribution is -0.388. The van der Waals surface area contributed by atoms with E-state index in [1.165, 1.54) is 5.38 Å². The molecule has 2 heterocycles. The van der Waals surface area contributed by atoms with E-state index in [9.17, 15) is 32.9 Å². The summed E-state index contributed by atoms with van der Waals surface area (Å²) < 4.78 is 44.1. The number of esters is 1. The Balaban J connectivity index is 2.11. The summed E-state index contributed by atoms with van der Waals surface area (Å²) in [4.78, 5) is 37.2. The first-order valence-corrected chi connectivity index (χ1v) is 8.59. The second-order valence-electron chi connectivity index (χ2n) is 5.37. The Morgan fingerprint density at radius 1 is 1.43 bits per heavy atom. The number of amides is 1. The number of carbonyl (C=O) groups excluding carboxylic acids is 2. The van der Waals surface area contributed by atoms with E-state index in [0.29, 0.717) is 10.4 Å². The van der Waals surface area contributed by atoms with Crippen LogP contribution in [0.4, 0.5) is 24.0 Å². The number of thiazole rings is 1. The van der Waals surface area contributed by atoms with E-state index in [-0.39, 0.29) is 18.2 Å². The van der Waals surface area contributed by atoms with Crippen molar-refractivity contribution in [2.45, 2.75) is 33.0 Å². The maximum atomic E-state index is 12.9. The van der Waals surface area contributed by atoms with Crippen molar-refractivity contribution in [1.82, 2.24) is 14.8 Å². The number of anilines is 1. The Morgan fingerprint density at radius 3 is 2.64 bits per heavy atom. The quantitative estimate of drug-likeness (QED) is 0.413. The molecule has 28 heavy (non-hydrogen) atoms. The number of ether oxygens (including phenoxy) is 1. The third-order valence-corrected chi connectivity index (χ3v) is 4.15. The lowest BCUT2D eigenvalue weighted by Crippen LogP contribution is -2.20. The maximum absolute atomic E-state index is 12.9. The first kappa shape index (κ1) is 21.3. The van der Waals surface area contributed by atoms with E-state index in [0.717, 1.165) is 18.3 Å². The summed E-state index contributed by atoms with van der Waals surface area (Å²) in [6.07, 6.45) is -5.13. The Hall–Kier alpha value is -3.03. The number of carbonyl (C=O) groups is 2. The summed E-state index contributed by atoms with van der Waals surface area (Å²) in [5.41, 5.74) is -2.93. The molecule has 0 saturated carbocycles. The smallest absolute Gasteiger partial charge is 0.442 e. The molecule has 0 aliphatic heterocycles. The molecular weight excluding hydrogens is 407 g/mol. The molecule has 0 atom stereocenters. The van der Waals surface area contributed by atoms with Gasteiger partial charge in [0, 0.05) is 5.38 Å². The van der Waals surface area contributed by atoms with Crippen LogP contribution in [0.5, 0.6) is 0 Å². The van der Waals surface area contributed by atoms with E-state index >= 15 is 0 Å². The largest absolute Gasteiger partial charge is 0.466 e. The van der Waals surface area contributed by atoms with Gasteiger partial charge in [0.2, 0.25) is 11.6 Å². The minimum Gasteiger partial charge on any atom is -0.466 e. The highest BCUT2D eigenvalue weighted by Crippen LogP contribution is 2.36. The molecule has 0 fully saturated rings. The predicted molar refractivity (Wildman–Crippen MR) is 89.7 cm³/mol. The van der Waals surface area contributed by atoms with Gasteiger partial charge in [-0.3, -0.25) is 24.4 Å². The highest BCUT2D eigenvalue weighted by Gasteiger charge is 2.44. The lowest BCUT2D eigenvalue weighted by Gasteiger charge is -2.04. The maximum Gasteiger partial charge on any atom is 0.442 e. The molecule has 0 spiro atoms. The highest BCUT2D eigenvalue weighted by atomic mass is 32.1. The van der Waals surface area contributed by atoms with Crippen LogP contribution in [0.25, 0.3) is 0 Å². The van der Waals surface area contributed by atoms with Crippen molar-refractivity contribution >= 4 is 34.0 Å². The van der Waals surface area contributed by atoms with Crippen LogP contribution in [0, 0.1) is 17.0 Å². The zero-order valence-electron chi connectivity index (χ0n) is 14.6. The molecule has 0 aliphatic rings. The number of nitro groups is 1. The average Bonchev–Trinajstić information content (AvgIpc) is 3.12. The number of halogens is 3. The summed E-state index contributed by atoms with van der Waals surface area (Å²) in [5.74, 6) is -1.28. The molecule has 152 valence electrons. The first-order chi connectivity index (χ1) is 13.0. The van der Waals surface area contributed by atoms with Crippen molar-refractivity contribution in [3.8, 4) is 0 Å². The number of nitrogens with zero attached hydrogens (tertiary/aromatic N) is 4. The fourth-order valence-corrected chi connectivity index (χ4v) is 2.93. The normalized spacial score (nSPS) is 11.3. The third-order valence-electron chi connectivity index (χ3n) is 3.35. The van der Waals surface area contributed by atoms with Crippen LogP contribution in [0.1, 0.15) is 24.0 Å². The number of rotatable bonds is 7. The fraction of sp³-hybridized carbons (Fsp3) is 0.429. The Kier molecular flexibility index (Phi) is 6.33. The van der Waals surface area contributed by atoms with Gasteiger partial charge in [0.1, 0.15) is 12.2 Å². The van der Waals surface area contributed by atoms with Crippen LogP contribution in [-0.4, -0.2) is 38.2 Å². The van der Waals surface area contributed by atoms with Gasteiger partial charge in [-0.25, -0.2) is 4.98 Å². The fourth-order valence-electron chi connectivity index (χ4n) is 2.20. The van der Waals surface area contributed by atoms with Gasteiger partial charge < -0.3 is 10.1 Å². The summed E-state index contributed by atoms with van der Waals surface area (Å²) >= 11 is 1.00. The zero-order valence-corrected chi connectivity index (χ0v) is 15.4. The zero-order chi connectivity index (χ0) is 21.1. The molecule has 0 radical (unpaired) electrons. The number of aromatic nitrogens is 3. The van der Waals surface area contributed by atoms with Crippen molar-refractivity contribution in [1.29, 1.82) is 0 Å². The second-order valence-corrected chi connectivity index (χ2v) is 6.23. The van der Waals surface area contributed by atoms with E-state index in [1.807, 2.05) is 0 Å². The van der Waals surface area contributed by atoms with Crippen LogP contribution >= 0.6 is 11.3 Å². The van der Waals surface area contributed by atoms with E-state index in [2.05, 4.69) is 15.4 Å². The molecule has 0 aliphatic carbocycles. The minimum atomic E-state index is -5.04. The number of alkyl halides is 3. The molecule has 0 unspecified atom stereocenters. The van der Waals surface area contributed by atoms with Crippen LogP contribution in [-0.2, 0) is 33.5 Å². The van der Waals surface area contributed by atoms with Gasteiger partial charge in [-0.1, -0.05) is 0 Å². The topological polar surface area (TPSA) is 129 Å². The molecule has 10 nitrogen and oxygen atoms in total. The molecule has 1 amide bonds. The molecule has 2 rings (SSSR count). The Morgan fingerprint density at radius 2 is 2.11 bits per heavy atom. The SMILES string of the molecule is CCOC(=O)Cc1csc(NC(=O)Cn2nc(C(F)(F)F)c([N+](=O)[O-])c2C)n1. The predicted octanol–water partition coefficient (Wildman–Crippen LogP) is 2.32. The standard InChI is InChI=1S/C14H14F3N5O5S/c1-3-27-10(24)4-8-6-28-13(18-8)19-9(23)5-21-7(2)11(22(25)26)12(20-21)14(15,16)17/h6H,3-5H2,1-2H3,(H,18,19,23). The van der Waals surface area contributed by atoms with Crippen LogP contribution < -0.4 is 5.32 Å². The average molecular weight is 421 g/mol. The Bertz CT molecular complexity index is 908.